The van der Waals surface area contributed by atoms with Crippen molar-refractivity contribution in [3.05, 3.63) is 59.4 Å². The lowest BCUT2D eigenvalue weighted by Crippen LogP contribution is -2.34. The summed E-state index contributed by atoms with van der Waals surface area (Å²) in [5.41, 5.74) is 1.45. The zero-order valence-electron chi connectivity index (χ0n) is 18.1. The van der Waals surface area contributed by atoms with Crippen molar-refractivity contribution in [2.75, 3.05) is 25.0 Å². The molecule has 0 spiro atoms. The lowest BCUT2D eigenvalue weighted by Gasteiger charge is -2.21. The predicted octanol–water partition coefficient (Wildman–Crippen LogP) is 3.00. The summed E-state index contributed by atoms with van der Waals surface area (Å²) in [7, 11) is -3.66. The van der Waals surface area contributed by atoms with Crippen LogP contribution in [0, 0.1) is 12.7 Å². The third-order valence-electron chi connectivity index (χ3n) is 5.35. The Morgan fingerprint density at radius 1 is 1.00 bits per heavy atom. The predicted molar refractivity (Wildman–Crippen MR) is 120 cm³/mol. The highest BCUT2D eigenvalue weighted by atomic mass is 32.2. The summed E-state index contributed by atoms with van der Waals surface area (Å²) in [6.07, 6.45) is 3.67. The topological polar surface area (TPSA) is 95.6 Å². The maximum atomic E-state index is 13.2. The van der Waals surface area contributed by atoms with Crippen molar-refractivity contribution < 1.29 is 22.4 Å². The van der Waals surface area contributed by atoms with Crippen LogP contribution in [-0.2, 0) is 26.0 Å². The van der Waals surface area contributed by atoms with Gasteiger partial charge in [-0.25, -0.2) is 12.8 Å². The highest BCUT2D eigenvalue weighted by molar-refractivity contribution is 7.89. The third kappa shape index (κ3) is 6.37. The first kappa shape index (κ1) is 23.9. The SMILES string of the molecule is Cc1ccc(NC(=O)CNC(=O)Cc2cccc(F)c2)cc1S(=O)(=O)N1CCCCCC1. The van der Waals surface area contributed by atoms with E-state index in [9.17, 15) is 22.4 Å². The summed E-state index contributed by atoms with van der Waals surface area (Å²) in [5.74, 6) is -1.34. The second-order valence-electron chi connectivity index (χ2n) is 7.93. The highest BCUT2D eigenvalue weighted by Gasteiger charge is 2.27. The van der Waals surface area contributed by atoms with E-state index < -0.39 is 27.7 Å². The maximum absolute atomic E-state index is 13.2. The fraction of sp³-hybridized carbons (Fsp3) is 0.391. The van der Waals surface area contributed by atoms with Gasteiger partial charge in [0, 0.05) is 18.8 Å². The lowest BCUT2D eigenvalue weighted by molar-refractivity contribution is -0.123. The van der Waals surface area contributed by atoms with Crippen molar-refractivity contribution in [2.24, 2.45) is 0 Å². The monoisotopic (exact) mass is 461 g/mol. The average Bonchev–Trinajstić information content (AvgIpc) is 3.04. The van der Waals surface area contributed by atoms with Gasteiger partial charge in [0.25, 0.3) is 0 Å². The summed E-state index contributed by atoms with van der Waals surface area (Å²) in [4.78, 5) is 24.5. The normalized spacial score (nSPS) is 15.1. The lowest BCUT2D eigenvalue weighted by atomic mass is 10.1. The first-order valence-corrected chi connectivity index (χ1v) is 12.1. The summed E-state index contributed by atoms with van der Waals surface area (Å²) in [6.45, 7) is 2.44. The van der Waals surface area contributed by atoms with Crippen molar-refractivity contribution in [1.82, 2.24) is 9.62 Å². The molecule has 2 amide bonds. The molecule has 2 N–H and O–H groups in total. The van der Waals surface area contributed by atoms with Gasteiger partial charge in [0.2, 0.25) is 21.8 Å². The van der Waals surface area contributed by atoms with Crippen LogP contribution < -0.4 is 10.6 Å². The van der Waals surface area contributed by atoms with Crippen LogP contribution in [0.5, 0.6) is 0 Å². The number of hydrogen-bond donors (Lipinski definition) is 2. The molecule has 0 atom stereocenters. The van der Waals surface area contributed by atoms with Gasteiger partial charge in [-0.3, -0.25) is 9.59 Å². The second-order valence-corrected chi connectivity index (χ2v) is 9.84. The molecule has 0 aromatic heterocycles. The molecule has 1 fully saturated rings. The summed E-state index contributed by atoms with van der Waals surface area (Å²) >= 11 is 0. The van der Waals surface area contributed by atoms with Crippen molar-refractivity contribution in [3.8, 4) is 0 Å². The zero-order valence-corrected chi connectivity index (χ0v) is 18.9. The minimum Gasteiger partial charge on any atom is -0.347 e. The van der Waals surface area contributed by atoms with E-state index >= 15 is 0 Å². The first-order valence-electron chi connectivity index (χ1n) is 10.7. The van der Waals surface area contributed by atoms with Crippen LogP contribution in [-0.4, -0.2) is 44.2 Å². The zero-order chi connectivity index (χ0) is 23.1. The molecule has 1 saturated heterocycles. The highest BCUT2D eigenvalue weighted by Crippen LogP contribution is 2.25. The minimum absolute atomic E-state index is 0.0478. The molecule has 9 heteroatoms. The van der Waals surface area contributed by atoms with E-state index in [-0.39, 0.29) is 17.9 Å². The number of nitrogens with one attached hydrogen (secondary N) is 2. The molecule has 1 aliphatic rings. The van der Waals surface area contributed by atoms with Crippen LogP contribution in [0.25, 0.3) is 0 Å². The molecular weight excluding hydrogens is 433 g/mol. The molecule has 0 saturated carbocycles. The molecule has 1 aliphatic heterocycles. The van der Waals surface area contributed by atoms with Crippen molar-refractivity contribution in [1.29, 1.82) is 0 Å². The summed E-state index contributed by atoms with van der Waals surface area (Å²) in [6, 6.07) is 10.4. The Morgan fingerprint density at radius 3 is 2.41 bits per heavy atom. The number of amides is 2. The molecule has 172 valence electrons. The van der Waals surface area contributed by atoms with Gasteiger partial charge < -0.3 is 10.6 Å². The molecule has 0 aliphatic carbocycles. The number of anilines is 1. The van der Waals surface area contributed by atoms with Gasteiger partial charge in [-0.2, -0.15) is 4.31 Å². The second kappa shape index (κ2) is 10.7. The molecule has 0 unspecified atom stereocenters. The number of hydrogen-bond acceptors (Lipinski definition) is 4. The first-order chi connectivity index (χ1) is 15.3. The van der Waals surface area contributed by atoms with E-state index in [0.29, 0.717) is 29.9 Å². The van der Waals surface area contributed by atoms with E-state index in [1.165, 1.54) is 28.6 Å². The number of carbonyl (C=O) groups is 2. The van der Waals surface area contributed by atoms with E-state index in [2.05, 4.69) is 10.6 Å². The Labute approximate surface area is 188 Å². The Morgan fingerprint density at radius 2 is 1.72 bits per heavy atom. The van der Waals surface area contributed by atoms with Crippen LogP contribution in [0.3, 0.4) is 0 Å². The van der Waals surface area contributed by atoms with Gasteiger partial charge in [-0.15, -0.1) is 0 Å². The van der Waals surface area contributed by atoms with Crippen LogP contribution >= 0.6 is 0 Å². The van der Waals surface area contributed by atoms with Crippen LogP contribution in [0.4, 0.5) is 10.1 Å². The molecular formula is C23H28FN3O4S. The molecule has 1 heterocycles. The van der Waals surface area contributed by atoms with Crippen LogP contribution in [0.2, 0.25) is 0 Å². The molecule has 0 bridgehead atoms. The van der Waals surface area contributed by atoms with Crippen molar-refractivity contribution in [2.45, 2.75) is 43.9 Å². The summed E-state index contributed by atoms with van der Waals surface area (Å²) < 4.78 is 41.0. The number of rotatable bonds is 7. The van der Waals surface area contributed by atoms with Crippen molar-refractivity contribution >= 4 is 27.5 Å². The Hall–Kier alpha value is -2.78. The molecule has 2 aromatic carbocycles. The van der Waals surface area contributed by atoms with Crippen LogP contribution in [0.1, 0.15) is 36.8 Å². The maximum Gasteiger partial charge on any atom is 0.243 e. The number of benzene rings is 2. The van der Waals surface area contributed by atoms with E-state index in [4.69, 9.17) is 0 Å². The standard InChI is InChI=1S/C23H28FN3O4S/c1-17-9-10-20(15-21(17)32(30,31)27-11-4-2-3-5-12-27)26-23(29)16-25-22(28)14-18-7-6-8-19(24)13-18/h6-10,13,15H,2-5,11-12,14,16H2,1H3,(H,25,28)(H,26,29). The van der Waals surface area contributed by atoms with Gasteiger partial charge in [0.1, 0.15) is 5.82 Å². The molecule has 3 rings (SSSR count). The molecule has 0 radical (unpaired) electrons. The van der Waals surface area contributed by atoms with Gasteiger partial charge in [0.05, 0.1) is 17.9 Å². The number of sulfonamides is 1. The molecule has 7 nitrogen and oxygen atoms in total. The third-order valence-corrected chi connectivity index (χ3v) is 7.40. The Bertz CT molecular complexity index is 1080. The number of halogens is 1. The average molecular weight is 462 g/mol. The Balaban J connectivity index is 1.61. The fourth-order valence-corrected chi connectivity index (χ4v) is 5.42. The van der Waals surface area contributed by atoms with Gasteiger partial charge in [-0.05, 0) is 55.2 Å². The number of aryl methyl sites for hydroxylation is 1. The van der Waals surface area contributed by atoms with Gasteiger partial charge in [0.15, 0.2) is 0 Å². The van der Waals surface area contributed by atoms with E-state index in [0.717, 1.165) is 25.7 Å². The van der Waals surface area contributed by atoms with Gasteiger partial charge in [-0.1, -0.05) is 31.0 Å². The smallest absolute Gasteiger partial charge is 0.243 e. The largest absolute Gasteiger partial charge is 0.347 e. The van der Waals surface area contributed by atoms with Gasteiger partial charge >= 0.3 is 0 Å². The van der Waals surface area contributed by atoms with Crippen LogP contribution in [0.15, 0.2) is 47.4 Å². The minimum atomic E-state index is -3.66. The molecule has 2 aromatic rings. The summed E-state index contributed by atoms with van der Waals surface area (Å²) in [5, 5.41) is 5.11. The quantitative estimate of drug-likeness (QED) is 0.663. The van der Waals surface area contributed by atoms with Crippen molar-refractivity contribution in [3.63, 3.8) is 0 Å². The molecule has 32 heavy (non-hydrogen) atoms. The number of carbonyl (C=O) groups excluding carboxylic acids is 2. The number of nitrogens with zero attached hydrogens (tertiary/aromatic N) is 1. The van der Waals surface area contributed by atoms with E-state index in [1.54, 1.807) is 25.1 Å². The van der Waals surface area contributed by atoms with E-state index in [1.807, 2.05) is 0 Å². The Kier molecular flexibility index (Phi) is 7.98. The fourth-order valence-electron chi connectivity index (χ4n) is 3.66.